The number of aliphatic hydroxyl groups excluding tert-OH is 2. The number of nitrogens with one attached hydrogen (secondary N) is 2. The number of benzene rings is 1. The number of H-pyrrole nitrogens is 1. The van der Waals surface area contributed by atoms with E-state index < -0.39 is 52.7 Å². The molecule has 8 N–H and O–H groups in total. The van der Waals surface area contributed by atoms with Gasteiger partial charge in [-0.3, -0.25) is 19.5 Å². The third-order valence-electron chi connectivity index (χ3n) is 7.87. The first kappa shape index (κ1) is 24.8. The predicted molar refractivity (Wildman–Crippen MR) is 131 cm³/mol. The molecule has 0 radical (unpaired) electrons. The number of rotatable bonds is 5. The van der Waals surface area contributed by atoms with E-state index in [2.05, 4.69) is 15.5 Å². The number of carbonyl (C=O) groups excluding carboxylic acids is 3. The fourth-order valence-electron chi connectivity index (χ4n) is 6.08. The van der Waals surface area contributed by atoms with E-state index in [1.807, 2.05) is 4.90 Å². The smallest absolute Gasteiger partial charge is 0.230 e. The molecule has 12 heteroatoms. The summed E-state index contributed by atoms with van der Waals surface area (Å²) in [6.07, 6.45) is 0.468. The second-order valence-electron chi connectivity index (χ2n) is 10.2. The molecule has 1 saturated carbocycles. The maximum atomic E-state index is 13.8. The number of phenolic OH excluding ortho intramolecular Hbond substituents is 1. The molecule has 37 heavy (non-hydrogen) atoms. The molecule has 0 saturated heterocycles. The number of aromatic nitrogens is 2. The molecule has 0 bridgehead atoms. The van der Waals surface area contributed by atoms with E-state index in [-0.39, 0.29) is 48.4 Å². The van der Waals surface area contributed by atoms with E-state index in [0.717, 1.165) is 0 Å². The molecule has 0 spiro atoms. The Hall–Kier alpha value is -3.90. The highest BCUT2D eigenvalue weighted by atomic mass is 16.3. The monoisotopic (exact) mass is 511 g/mol. The number of aliphatic hydroxyl groups is 3. The zero-order valence-electron chi connectivity index (χ0n) is 20.4. The van der Waals surface area contributed by atoms with E-state index >= 15 is 0 Å². The Labute approximate surface area is 211 Å². The summed E-state index contributed by atoms with van der Waals surface area (Å²) < 4.78 is 0. The number of fused-ring (bicyclic) bond motifs is 3. The largest absolute Gasteiger partial charge is 0.508 e. The standard InChI is InChI=1S/C25H29N5O7/c1-30(2)15-8-14(27-9-12-3-4-28-29-12)20(32)18-13(15)6-10-5-11-7-16(31)19(24(26)36)23(35)25(11,37)22(34)17(10)21(18)33/h3-4,8,10-11,16,19,27,31-32,34,37H,5-7,9H2,1-2H3,(H2,26,36)(H,28,29)/t10-,11+,16?,19?,25+/m1/s1. The molecular weight excluding hydrogens is 482 g/mol. The number of aromatic hydroxyl groups is 1. The van der Waals surface area contributed by atoms with Crippen molar-refractivity contribution in [1.29, 1.82) is 0 Å². The molecule has 3 aliphatic carbocycles. The third-order valence-corrected chi connectivity index (χ3v) is 7.87. The minimum atomic E-state index is -2.53. The fourth-order valence-corrected chi connectivity index (χ4v) is 6.08. The van der Waals surface area contributed by atoms with Crippen molar-refractivity contribution in [2.75, 3.05) is 24.3 Å². The first-order valence-electron chi connectivity index (χ1n) is 12.0. The van der Waals surface area contributed by atoms with Gasteiger partial charge in [0.15, 0.2) is 17.2 Å². The van der Waals surface area contributed by atoms with E-state index in [0.29, 0.717) is 16.9 Å². The van der Waals surface area contributed by atoms with Gasteiger partial charge in [-0.15, -0.1) is 0 Å². The van der Waals surface area contributed by atoms with Gasteiger partial charge in [0.25, 0.3) is 0 Å². The Morgan fingerprint density at radius 2 is 2.03 bits per heavy atom. The van der Waals surface area contributed by atoms with Gasteiger partial charge in [-0.2, -0.15) is 5.10 Å². The summed E-state index contributed by atoms with van der Waals surface area (Å²) in [6.45, 7) is 0.264. The van der Waals surface area contributed by atoms with Crippen molar-refractivity contribution in [3.8, 4) is 5.75 Å². The molecule has 1 heterocycles. The third kappa shape index (κ3) is 3.58. The Morgan fingerprint density at radius 3 is 2.65 bits per heavy atom. The van der Waals surface area contributed by atoms with Crippen molar-refractivity contribution in [2.45, 2.75) is 37.5 Å². The molecule has 1 aromatic heterocycles. The summed E-state index contributed by atoms with van der Waals surface area (Å²) in [6, 6.07) is 3.48. The SMILES string of the molecule is CN(C)c1cc(NCc2cc[nH]n2)c(O)c2c1C[C@H]1C[C@H]3CC(O)C(C(N)=O)C(=O)[C@@]3(O)C(O)=C1C2=O. The maximum absolute atomic E-state index is 13.8. The second kappa shape index (κ2) is 8.60. The van der Waals surface area contributed by atoms with Gasteiger partial charge in [-0.25, -0.2) is 0 Å². The molecule has 5 atom stereocenters. The summed E-state index contributed by atoms with van der Waals surface area (Å²) in [4.78, 5) is 40.6. The minimum Gasteiger partial charge on any atom is -0.508 e. The highest BCUT2D eigenvalue weighted by Crippen LogP contribution is 2.53. The van der Waals surface area contributed by atoms with Crippen molar-refractivity contribution in [2.24, 2.45) is 23.5 Å². The van der Waals surface area contributed by atoms with Crippen LogP contribution < -0.4 is 16.0 Å². The summed E-state index contributed by atoms with van der Waals surface area (Å²) in [5, 5.41) is 54.0. The molecule has 0 aliphatic heterocycles. The van der Waals surface area contributed by atoms with Crippen LogP contribution in [-0.4, -0.2) is 73.9 Å². The number of Topliss-reactive ketones (excluding diaryl/α,β-unsaturated/α-hetero) is 2. The molecular formula is C25H29N5O7. The fraction of sp³-hybridized carbons (Fsp3) is 0.440. The zero-order chi connectivity index (χ0) is 26.8. The summed E-state index contributed by atoms with van der Waals surface area (Å²) >= 11 is 0. The molecule has 1 amide bonds. The highest BCUT2D eigenvalue weighted by molar-refractivity contribution is 6.17. The number of anilines is 2. The van der Waals surface area contributed by atoms with E-state index in [1.165, 1.54) is 0 Å². The number of carbonyl (C=O) groups is 3. The van der Waals surface area contributed by atoms with Gasteiger partial charge in [-0.1, -0.05) is 0 Å². The van der Waals surface area contributed by atoms with Crippen LogP contribution in [0, 0.1) is 17.8 Å². The lowest BCUT2D eigenvalue weighted by Crippen LogP contribution is -2.63. The van der Waals surface area contributed by atoms with Crippen molar-refractivity contribution in [3.63, 3.8) is 0 Å². The van der Waals surface area contributed by atoms with Crippen LogP contribution in [0.5, 0.6) is 5.75 Å². The lowest BCUT2D eigenvalue weighted by atomic mass is 9.58. The number of aromatic amines is 1. The Kier molecular flexibility index (Phi) is 5.76. The summed E-state index contributed by atoms with van der Waals surface area (Å²) in [5.74, 6) is -7.32. The summed E-state index contributed by atoms with van der Waals surface area (Å²) in [7, 11) is 3.61. The van der Waals surface area contributed by atoms with E-state index in [9.17, 15) is 34.8 Å². The van der Waals surface area contributed by atoms with Crippen LogP contribution in [0.2, 0.25) is 0 Å². The molecule has 196 valence electrons. The van der Waals surface area contributed by atoms with Gasteiger partial charge < -0.3 is 36.4 Å². The van der Waals surface area contributed by atoms with Gasteiger partial charge in [-0.05, 0) is 42.9 Å². The molecule has 5 rings (SSSR count). The van der Waals surface area contributed by atoms with E-state index in [1.54, 1.807) is 32.4 Å². The predicted octanol–water partition coefficient (Wildman–Crippen LogP) is 0.147. The zero-order valence-corrected chi connectivity index (χ0v) is 20.4. The number of allylic oxidation sites excluding steroid dienone is 1. The van der Waals surface area contributed by atoms with Gasteiger partial charge >= 0.3 is 0 Å². The normalized spacial score (nSPS) is 28.9. The molecule has 3 aliphatic rings. The number of primary amides is 1. The topological polar surface area (TPSA) is 202 Å². The molecule has 12 nitrogen and oxygen atoms in total. The lowest BCUT2D eigenvalue weighted by molar-refractivity contribution is -0.167. The molecule has 1 fully saturated rings. The first-order valence-corrected chi connectivity index (χ1v) is 12.0. The Bertz CT molecular complexity index is 1340. The van der Waals surface area contributed by atoms with Gasteiger partial charge in [0, 0.05) is 37.5 Å². The number of phenols is 1. The average molecular weight is 512 g/mol. The molecule has 2 aromatic rings. The average Bonchev–Trinajstić information content (AvgIpc) is 3.34. The van der Waals surface area contributed by atoms with Gasteiger partial charge in [0.2, 0.25) is 5.91 Å². The van der Waals surface area contributed by atoms with Gasteiger partial charge in [0.05, 0.1) is 29.6 Å². The Morgan fingerprint density at radius 1 is 1.30 bits per heavy atom. The van der Waals surface area contributed by atoms with Crippen LogP contribution in [0.15, 0.2) is 29.7 Å². The maximum Gasteiger partial charge on any atom is 0.230 e. The van der Waals surface area contributed by atoms with Crippen LogP contribution in [0.4, 0.5) is 11.4 Å². The number of hydrogen-bond acceptors (Lipinski definition) is 10. The second-order valence-corrected chi connectivity index (χ2v) is 10.2. The molecule has 1 aromatic carbocycles. The van der Waals surface area contributed by atoms with Crippen molar-refractivity contribution < 1.29 is 34.8 Å². The number of hydrogen-bond donors (Lipinski definition) is 7. The number of nitrogens with zero attached hydrogens (tertiary/aromatic N) is 2. The number of amides is 1. The minimum absolute atomic E-state index is 0.0367. The van der Waals surface area contributed by atoms with Crippen molar-refractivity contribution in [3.05, 3.63) is 46.5 Å². The van der Waals surface area contributed by atoms with Crippen LogP contribution in [0.25, 0.3) is 0 Å². The number of ketones is 2. The molecule has 2 unspecified atom stereocenters. The van der Waals surface area contributed by atoms with Crippen LogP contribution in [0.3, 0.4) is 0 Å². The van der Waals surface area contributed by atoms with Gasteiger partial charge in [0.1, 0.15) is 17.4 Å². The van der Waals surface area contributed by atoms with E-state index in [4.69, 9.17) is 5.73 Å². The lowest BCUT2D eigenvalue weighted by Gasteiger charge is -2.48. The first-order chi connectivity index (χ1) is 17.5. The summed E-state index contributed by atoms with van der Waals surface area (Å²) in [5.41, 5.74) is 4.75. The van der Waals surface area contributed by atoms with Crippen molar-refractivity contribution in [1.82, 2.24) is 10.2 Å². The highest BCUT2D eigenvalue weighted by Gasteiger charge is 2.62. The van der Waals surface area contributed by atoms with Crippen LogP contribution in [0.1, 0.15) is 34.5 Å². The number of nitrogens with two attached hydrogens (primary N) is 1. The quantitative estimate of drug-likeness (QED) is 0.214. The van der Waals surface area contributed by atoms with Crippen LogP contribution >= 0.6 is 0 Å². The van der Waals surface area contributed by atoms with Crippen LogP contribution in [-0.2, 0) is 22.6 Å². The van der Waals surface area contributed by atoms with Crippen molar-refractivity contribution >= 4 is 28.8 Å². The Balaban J connectivity index is 1.62.